The van der Waals surface area contributed by atoms with Gasteiger partial charge in [0.25, 0.3) is 0 Å². The summed E-state index contributed by atoms with van der Waals surface area (Å²) in [4.78, 5) is 18.8. The molecule has 1 atom stereocenters. The largest absolute Gasteiger partial charge is 0.379 e. The standard InChI is InChI=1S/C24H41N5O2.HI/c1-6-20(7-2)22(29-12-14-31-15-13-29)17-27-24(25-5)26-16-19-8-10-21(11-9-19)28-23(30)18(3)4;/h8-11,18,20,22H,6-7,12-17H2,1-5H3,(H,28,30)(H2,25,26,27);1H. The molecule has 7 nitrogen and oxygen atoms in total. The monoisotopic (exact) mass is 559 g/mol. The van der Waals surface area contributed by atoms with Gasteiger partial charge in [-0.05, 0) is 23.6 Å². The molecule has 1 heterocycles. The molecule has 1 fully saturated rings. The maximum atomic E-state index is 11.8. The molecule has 0 radical (unpaired) electrons. The summed E-state index contributed by atoms with van der Waals surface area (Å²) in [6, 6.07) is 8.40. The summed E-state index contributed by atoms with van der Waals surface area (Å²) in [7, 11) is 1.81. The first-order valence-electron chi connectivity index (χ1n) is 11.6. The first-order chi connectivity index (χ1) is 15.0. The number of nitrogens with zero attached hydrogens (tertiary/aromatic N) is 2. The number of anilines is 1. The normalized spacial score (nSPS) is 15.9. The molecule has 182 valence electrons. The number of halogens is 1. The van der Waals surface area contributed by atoms with Gasteiger partial charge >= 0.3 is 0 Å². The lowest BCUT2D eigenvalue weighted by Gasteiger charge is -2.39. The van der Waals surface area contributed by atoms with Crippen molar-refractivity contribution in [3.8, 4) is 0 Å². The van der Waals surface area contributed by atoms with E-state index in [1.165, 1.54) is 12.8 Å². The summed E-state index contributed by atoms with van der Waals surface area (Å²) in [5, 5.41) is 9.86. The van der Waals surface area contributed by atoms with Crippen molar-refractivity contribution in [2.45, 2.75) is 53.1 Å². The van der Waals surface area contributed by atoms with E-state index in [1.807, 2.05) is 38.1 Å². The van der Waals surface area contributed by atoms with Crippen molar-refractivity contribution >= 4 is 41.5 Å². The van der Waals surface area contributed by atoms with E-state index in [9.17, 15) is 4.79 Å². The first kappa shape index (κ1) is 28.6. The Labute approximate surface area is 211 Å². The molecule has 0 bridgehead atoms. The number of aliphatic imine (C=N–C) groups is 1. The molecule has 0 aromatic heterocycles. The Morgan fingerprint density at radius 2 is 1.72 bits per heavy atom. The summed E-state index contributed by atoms with van der Waals surface area (Å²) in [5.74, 6) is 1.46. The van der Waals surface area contributed by atoms with Crippen LogP contribution in [0.1, 0.15) is 46.1 Å². The number of carbonyl (C=O) groups is 1. The smallest absolute Gasteiger partial charge is 0.226 e. The van der Waals surface area contributed by atoms with Crippen LogP contribution >= 0.6 is 24.0 Å². The van der Waals surface area contributed by atoms with Gasteiger partial charge in [-0.3, -0.25) is 14.7 Å². The topological polar surface area (TPSA) is 78.0 Å². The van der Waals surface area contributed by atoms with Crippen molar-refractivity contribution in [1.82, 2.24) is 15.5 Å². The van der Waals surface area contributed by atoms with Gasteiger partial charge in [-0.2, -0.15) is 0 Å². The van der Waals surface area contributed by atoms with Crippen LogP contribution in [0.4, 0.5) is 5.69 Å². The third kappa shape index (κ3) is 9.23. The van der Waals surface area contributed by atoms with Gasteiger partial charge < -0.3 is 20.7 Å². The predicted octanol–water partition coefficient (Wildman–Crippen LogP) is 3.70. The van der Waals surface area contributed by atoms with Crippen molar-refractivity contribution in [3.63, 3.8) is 0 Å². The summed E-state index contributed by atoms with van der Waals surface area (Å²) in [6.45, 7) is 13.5. The lowest BCUT2D eigenvalue weighted by Crippen LogP contribution is -2.53. The van der Waals surface area contributed by atoms with Crippen LogP contribution in [0.3, 0.4) is 0 Å². The Balaban J connectivity index is 0.00000512. The van der Waals surface area contributed by atoms with Crippen LogP contribution in [-0.4, -0.2) is 62.7 Å². The number of carbonyl (C=O) groups excluding carboxylic acids is 1. The van der Waals surface area contributed by atoms with Crippen LogP contribution in [0.5, 0.6) is 0 Å². The predicted molar refractivity (Wildman–Crippen MR) is 144 cm³/mol. The molecular formula is C24H42IN5O2. The number of ether oxygens (including phenoxy) is 1. The van der Waals surface area contributed by atoms with Crippen LogP contribution in [0, 0.1) is 11.8 Å². The molecule has 32 heavy (non-hydrogen) atoms. The zero-order chi connectivity index (χ0) is 22.6. The number of benzene rings is 1. The minimum absolute atomic E-state index is 0. The summed E-state index contributed by atoms with van der Waals surface area (Å²) in [5.41, 5.74) is 1.96. The summed E-state index contributed by atoms with van der Waals surface area (Å²) >= 11 is 0. The molecule has 8 heteroatoms. The minimum atomic E-state index is -0.0305. The highest BCUT2D eigenvalue weighted by molar-refractivity contribution is 14.0. The minimum Gasteiger partial charge on any atom is -0.379 e. The second-order valence-corrected chi connectivity index (χ2v) is 8.44. The van der Waals surface area contributed by atoms with E-state index >= 15 is 0 Å². The van der Waals surface area contributed by atoms with E-state index in [4.69, 9.17) is 4.74 Å². The zero-order valence-electron chi connectivity index (χ0n) is 20.3. The van der Waals surface area contributed by atoms with E-state index in [2.05, 4.69) is 39.7 Å². The fraction of sp³-hybridized carbons (Fsp3) is 0.667. The molecule has 1 aromatic rings. The molecule has 3 N–H and O–H groups in total. The van der Waals surface area contributed by atoms with E-state index < -0.39 is 0 Å². The Morgan fingerprint density at radius 3 is 2.25 bits per heavy atom. The van der Waals surface area contributed by atoms with E-state index in [1.54, 1.807) is 7.05 Å². The lowest BCUT2D eigenvalue weighted by molar-refractivity contribution is -0.118. The summed E-state index contributed by atoms with van der Waals surface area (Å²) < 4.78 is 5.55. The molecule has 2 rings (SSSR count). The molecule has 0 spiro atoms. The number of hydrogen-bond donors (Lipinski definition) is 3. The molecule has 1 aliphatic rings. The van der Waals surface area contributed by atoms with Crippen LogP contribution in [0.25, 0.3) is 0 Å². The average Bonchev–Trinajstić information content (AvgIpc) is 2.80. The molecule has 1 aromatic carbocycles. The number of morpholine rings is 1. The highest BCUT2D eigenvalue weighted by atomic mass is 127. The highest BCUT2D eigenvalue weighted by Gasteiger charge is 2.27. The van der Waals surface area contributed by atoms with E-state index in [0.717, 1.165) is 50.1 Å². The first-order valence-corrected chi connectivity index (χ1v) is 11.6. The van der Waals surface area contributed by atoms with Gasteiger partial charge in [0, 0.05) is 50.9 Å². The van der Waals surface area contributed by atoms with Crippen LogP contribution < -0.4 is 16.0 Å². The van der Waals surface area contributed by atoms with Gasteiger partial charge in [0.15, 0.2) is 5.96 Å². The number of amides is 1. The molecule has 0 saturated carbocycles. The molecule has 1 amide bonds. The number of nitrogens with one attached hydrogen (secondary N) is 3. The van der Waals surface area contributed by atoms with Crippen molar-refractivity contribution in [2.75, 3.05) is 45.2 Å². The van der Waals surface area contributed by atoms with Gasteiger partial charge in [0.1, 0.15) is 0 Å². The highest BCUT2D eigenvalue weighted by Crippen LogP contribution is 2.19. The zero-order valence-corrected chi connectivity index (χ0v) is 22.6. The Kier molecular flexibility index (Phi) is 13.8. The quantitative estimate of drug-likeness (QED) is 0.232. The summed E-state index contributed by atoms with van der Waals surface area (Å²) in [6.07, 6.45) is 2.35. The maximum absolute atomic E-state index is 11.8. The van der Waals surface area contributed by atoms with E-state index in [-0.39, 0.29) is 35.8 Å². The molecule has 0 aliphatic carbocycles. The average molecular weight is 560 g/mol. The van der Waals surface area contributed by atoms with Gasteiger partial charge in [-0.1, -0.05) is 52.7 Å². The molecule has 1 saturated heterocycles. The fourth-order valence-electron chi connectivity index (χ4n) is 3.94. The van der Waals surface area contributed by atoms with Gasteiger partial charge in [-0.25, -0.2) is 0 Å². The van der Waals surface area contributed by atoms with Gasteiger partial charge in [0.2, 0.25) is 5.91 Å². The van der Waals surface area contributed by atoms with Gasteiger partial charge in [-0.15, -0.1) is 24.0 Å². The SMILES string of the molecule is CCC(CC)C(CNC(=NC)NCc1ccc(NC(=O)C(C)C)cc1)N1CCOCC1.I. The Bertz CT molecular complexity index is 686. The van der Waals surface area contributed by atoms with E-state index in [0.29, 0.717) is 18.5 Å². The third-order valence-electron chi connectivity index (χ3n) is 6.02. The van der Waals surface area contributed by atoms with Crippen LogP contribution in [0.15, 0.2) is 29.3 Å². The van der Waals surface area contributed by atoms with Crippen molar-refractivity contribution < 1.29 is 9.53 Å². The fourth-order valence-corrected chi connectivity index (χ4v) is 3.94. The van der Waals surface area contributed by atoms with Crippen molar-refractivity contribution in [3.05, 3.63) is 29.8 Å². The second kappa shape index (κ2) is 15.4. The number of guanidine groups is 1. The molecule has 1 aliphatic heterocycles. The Hall–Kier alpha value is -1.39. The van der Waals surface area contributed by atoms with Crippen molar-refractivity contribution in [2.24, 2.45) is 16.8 Å². The van der Waals surface area contributed by atoms with Crippen LogP contribution in [-0.2, 0) is 16.1 Å². The van der Waals surface area contributed by atoms with Crippen LogP contribution in [0.2, 0.25) is 0 Å². The van der Waals surface area contributed by atoms with Crippen molar-refractivity contribution in [1.29, 1.82) is 0 Å². The molecular weight excluding hydrogens is 517 g/mol. The number of hydrogen-bond acceptors (Lipinski definition) is 4. The third-order valence-corrected chi connectivity index (χ3v) is 6.02. The maximum Gasteiger partial charge on any atom is 0.226 e. The number of rotatable bonds is 10. The van der Waals surface area contributed by atoms with Gasteiger partial charge in [0.05, 0.1) is 13.2 Å². The molecule has 1 unspecified atom stereocenters. The lowest BCUT2D eigenvalue weighted by atomic mass is 9.92. The second-order valence-electron chi connectivity index (χ2n) is 8.44. The Morgan fingerprint density at radius 1 is 1.09 bits per heavy atom.